The molecule has 2 N–H and O–H groups in total. The first-order valence-corrected chi connectivity index (χ1v) is 7.81. The topological polar surface area (TPSA) is 45.7 Å². The Bertz CT molecular complexity index is 502. The highest BCUT2D eigenvalue weighted by Gasteiger charge is 2.15. The van der Waals surface area contributed by atoms with E-state index >= 15 is 0 Å². The maximum absolute atomic E-state index is 13.4. The van der Waals surface area contributed by atoms with Gasteiger partial charge in [0.1, 0.15) is 12.4 Å². The van der Waals surface area contributed by atoms with Gasteiger partial charge in [0.05, 0.1) is 6.54 Å². The number of ether oxygens (including phenoxy) is 1. The average molecular weight is 311 g/mol. The molecule has 2 rings (SSSR count). The molecule has 0 amide bonds. The Kier molecular flexibility index (Phi) is 6.43. The molecule has 1 aromatic rings. The molecule has 0 unspecified atom stereocenters. The van der Waals surface area contributed by atoms with E-state index in [-0.39, 0.29) is 12.4 Å². The van der Waals surface area contributed by atoms with Gasteiger partial charge in [-0.05, 0) is 31.9 Å². The van der Waals surface area contributed by atoms with E-state index in [9.17, 15) is 8.78 Å². The van der Waals surface area contributed by atoms with E-state index in [4.69, 9.17) is 4.74 Å². The van der Waals surface area contributed by atoms with Crippen molar-refractivity contribution in [1.29, 1.82) is 0 Å². The van der Waals surface area contributed by atoms with E-state index in [1.165, 1.54) is 37.8 Å². The summed E-state index contributed by atoms with van der Waals surface area (Å²) in [4.78, 5) is 4.41. The second-order valence-corrected chi connectivity index (χ2v) is 5.31. The normalized spacial score (nSPS) is 15.9. The molecule has 0 saturated heterocycles. The van der Waals surface area contributed by atoms with Crippen LogP contribution in [-0.4, -0.2) is 31.7 Å². The summed E-state index contributed by atoms with van der Waals surface area (Å²) in [6, 6.07) is 3.75. The van der Waals surface area contributed by atoms with Gasteiger partial charge in [-0.3, -0.25) is 0 Å². The Morgan fingerprint density at radius 3 is 2.77 bits per heavy atom. The number of rotatable bonds is 6. The molecule has 4 nitrogen and oxygen atoms in total. The minimum absolute atomic E-state index is 0.0466. The molecular weight excluding hydrogens is 288 g/mol. The lowest BCUT2D eigenvalue weighted by Gasteiger charge is -2.16. The summed E-state index contributed by atoms with van der Waals surface area (Å²) in [6.45, 7) is 3.44. The van der Waals surface area contributed by atoms with Crippen LogP contribution in [0.4, 0.5) is 8.78 Å². The molecule has 1 saturated carbocycles. The summed E-state index contributed by atoms with van der Waals surface area (Å²) in [5, 5.41) is 6.58. The van der Waals surface area contributed by atoms with Crippen molar-refractivity contribution in [1.82, 2.24) is 10.6 Å². The molecule has 0 spiro atoms. The molecular formula is C16H23F2N3O. The highest BCUT2D eigenvalue weighted by Crippen LogP contribution is 2.18. The zero-order valence-electron chi connectivity index (χ0n) is 12.9. The summed E-state index contributed by atoms with van der Waals surface area (Å²) in [6.07, 6.45) is 4.84. The average Bonchev–Trinajstić information content (AvgIpc) is 2.98. The monoisotopic (exact) mass is 311 g/mol. The van der Waals surface area contributed by atoms with Crippen LogP contribution in [0.1, 0.15) is 32.6 Å². The lowest BCUT2D eigenvalue weighted by Crippen LogP contribution is -2.42. The number of nitrogens with one attached hydrogen (secondary N) is 2. The zero-order chi connectivity index (χ0) is 15.8. The Balaban J connectivity index is 1.80. The maximum Gasteiger partial charge on any atom is 0.191 e. The molecule has 0 radical (unpaired) electrons. The fraction of sp³-hybridized carbons (Fsp3) is 0.562. The van der Waals surface area contributed by atoms with Crippen LogP contribution < -0.4 is 15.4 Å². The zero-order valence-corrected chi connectivity index (χ0v) is 12.9. The number of aliphatic imine (C=N–C) groups is 1. The van der Waals surface area contributed by atoms with Gasteiger partial charge < -0.3 is 15.4 Å². The second kappa shape index (κ2) is 8.56. The van der Waals surface area contributed by atoms with Crippen molar-refractivity contribution in [2.45, 2.75) is 38.6 Å². The molecule has 0 aromatic heterocycles. The lowest BCUT2D eigenvalue weighted by atomic mass is 10.2. The van der Waals surface area contributed by atoms with E-state index in [1.807, 2.05) is 6.92 Å². The van der Waals surface area contributed by atoms with Crippen molar-refractivity contribution in [3.63, 3.8) is 0 Å². The van der Waals surface area contributed by atoms with Crippen LogP contribution in [0.15, 0.2) is 23.2 Å². The Morgan fingerprint density at radius 1 is 1.32 bits per heavy atom. The lowest BCUT2D eigenvalue weighted by molar-refractivity contribution is 0.310. The minimum atomic E-state index is -0.694. The molecule has 0 atom stereocenters. The summed E-state index contributed by atoms with van der Waals surface area (Å²) in [7, 11) is 0. The van der Waals surface area contributed by atoms with Crippen LogP contribution in [0.5, 0.6) is 5.75 Å². The summed E-state index contributed by atoms with van der Waals surface area (Å²) < 4.78 is 31.5. The van der Waals surface area contributed by atoms with Gasteiger partial charge in [0.2, 0.25) is 0 Å². The van der Waals surface area contributed by atoms with Gasteiger partial charge in [0.15, 0.2) is 17.5 Å². The predicted octanol–water partition coefficient (Wildman–Crippen LogP) is 2.84. The van der Waals surface area contributed by atoms with Crippen LogP contribution >= 0.6 is 0 Å². The first kappa shape index (κ1) is 16.5. The van der Waals surface area contributed by atoms with Crippen molar-refractivity contribution in [2.24, 2.45) is 4.99 Å². The Hall–Kier alpha value is -1.85. The number of hydrogen-bond donors (Lipinski definition) is 2. The third-order valence-corrected chi connectivity index (χ3v) is 3.55. The molecule has 6 heteroatoms. The molecule has 0 heterocycles. The fourth-order valence-corrected chi connectivity index (χ4v) is 2.49. The maximum atomic E-state index is 13.4. The molecule has 22 heavy (non-hydrogen) atoms. The van der Waals surface area contributed by atoms with E-state index in [0.717, 1.165) is 18.6 Å². The van der Waals surface area contributed by atoms with Crippen LogP contribution in [-0.2, 0) is 0 Å². The van der Waals surface area contributed by atoms with Gasteiger partial charge >= 0.3 is 0 Å². The van der Waals surface area contributed by atoms with Gasteiger partial charge in [0.25, 0.3) is 0 Å². The highest BCUT2D eigenvalue weighted by atomic mass is 19.1. The number of benzene rings is 1. The second-order valence-electron chi connectivity index (χ2n) is 5.31. The Morgan fingerprint density at radius 2 is 2.09 bits per heavy atom. The minimum Gasteiger partial charge on any atom is -0.489 e. The highest BCUT2D eigenvalue weighted by molar-refractivity contribution is 5.80. The third-order valence-electron chi connectivity index (χ3n) is 3.55. The van der Waals surface area contributed by atoms with Gasteiger partial charge in [-0.1, -0.05) is 12.8 Å². The van der Waals surface area contributed by atoms with E-state index < -0.39 is 11.6 Å². The number of nitrogens with zero attached hydrogens (tertiary/aromatic N) is 1. The largest absolute Gasteiger partial charge is 0.489 e. The molecule has 0 aliphatic heterocycles. The van der Waals surface area contributed by atoms with Crippen molar-refractivity contribution in [3.8, 4) is 5.75 Å². The Labute approximate surface area is 130 Å². The van der Waals surface area contributed by atoms with Crippen LogP contribution in [0.25, 0.3) is 0 Å². The van der Waals surface area contributed by atoms with Crippen molar-refractivity contribution in [3.05, 3.63) is 29.8 Å². The van der Waals surface area contributed by atoms with Crippen LogP contribution in [0, 0.1) is 11.6 Å². The van der Waals surface area contributed by atoms with Crippen LogP contribution in [0.3, 0.4) is 0 Å². The smallest absolute Gasteiger partial charge is 0.191 e. The first-order valence-electron chi connectivity index (χ1n) is 7.81. The number of guanidine groups is 1. The molecule has 0 bridgehead atoms. The van der Waals surface area contributed by atoms with Gasteiger partial charge in [-0.25, -0.2) is 13.8 Å². The SMILES string of the molecule is CCNC(=NCCOc1ccc(F)cc1F)NC1CCCC1. The fourth-order valence-electron chi connectivity index (χ4n) is 2.49. The summed E-state index contributed by atoms with van der Waals surface area (Å²) in [5.41, 5.74) is 0. The number of hydrogen-bond acceptors (Lipinski definition) is 2. The van der Waals surface area contributed by atoms with E-state index in [1.54, 1.807) is 0 Å². The summed E-state index contributed by atoms with van der Waals surface area (Å²) >= 11 is 0. The van der Waals surface area contributed by atoms with Crippen molar-refractivity contribution in [2.75, 3.05) is 19.7 Å². The quantitative estimate of drug-likeness (QED) is 0.482. The molecule has 1 aromatic carbocycles. The summed E-state index contributed by atoms with van der Waals surface area (Å²) in [5.74, 6) is -0.499. The van der Waals surface area contributed by atoms with E-state index in [0.29, 0.717) is 12.6 Å². The molecule has 122 valence electrons. The predicted molar refractivity (Wildman–Crippen MR) is 83.2 cm³/mol. The molecule has 1 fully saturated rings. The van der Waals surface area contributed by atoms with E-state index in [2.05, 4.69) is 15.6 Å². The van der Waals surface area contributed by atoms with Crippen molar-refractivity contribution >= 4 is 5.96 Å². The third kappa shape index (κ3) is 5.16. The first-order chi connectivity index (χ1) is 10.7. The van der Waals surface area contributed by atoms with Gasteiger partial charge in [-0.15, -0.1) is 0 Å². The van der Waals surface area contributed by atoms with Crippen LogP contribution in [0.2, 0.25) is 0 Å². The molecule has 1 aliphatic carbocycles. The van der Waals surface area contributed by atoms with Gasteiger partial charge in [-0.2, -0.15) is 0 Å². The van der Waals surface area contributed by atoms with Gasteiger partial charge in [0, 0.05) is 18.7 Å². The molecule has 1 aliphatic rings. The van der Waals surface area contributed by atoms with Crippen molar-refractivity contribution < 1.29 is 13.5 Å². The number of halogens is 2. The standard InChI is InChI=1S/C16H23F2N3O/c1-2-19-16(21-13-5-3-4-6-13)20-9-10-22-15-8-7-12(17)11-14(15)18/h7-8,11,13H,2-6,9-10H2,1H3,(H2,19,20,21).